The number of hydrogen-bond donors (Lipinski definition) is 0. The lowest BCUT2D eigenvalue weighted by atomic mass is 10.1. The smallest absolute Gasteiger partial charge is 0.254 e. The molecule has 0 radical (unpaired) electrons. The second-order valence-electron chi connectivity index (χ2n) is 4.92. The first kappa shape index (κ1) is 13.5. The van der Waals surface area contributed by atoms with Crippen LogP contribution in [0, 0.1) is 0 Å². The Morgan fingerprint density at radius 3 is 2.80 bits per heavy atom. The van der Waals surface area contributed by atoms with Crippen molar-refractivity contribution in [1.29, 1.82) is 0 Å². The Morgan fingerprint density at radius 2 is 2.10 bits per heavy atom. The van der Waals surface area contributed by atoms with Crippen LogP contribution in [0.5, 0.6) is 11.5 Å². The minimum absolute atomic E-state index is 0.0280. The molecule has 3 rings (SSSR count). The predicted molar refractivity (Wildman–Crippen MR) is 73.5 cm³/mol. The maximum Gasteiger partial charge on any atom is 0.254 e. The fourth-order valence-corrected chi connectivity index (χ4v) is 2.83. The molecular weight excluding hydrogens is 282 g/mol. The minimum Gasteiger partial charge on any atom is -0.454 e. The molecule has 2 aliphatic heterocycles. The molecule has 1 saturated heterocycles. The number of likely N-dealkylation sites (tertiary alicyclic amines) is 1. The first-order chi connectivity index (χ1) is 9.69. The zero-order valence-corrected chi connectivity index (χ0v) is 12.0. The third-order valence-electron chi connectivity index (χ3n) is 3.74. The molecule has 0 aromatic heterocycles. The van der Waals surface area contributed by atoms with E-state index in [0.29, 0.717) is 35.2 Å². The lowest BCUT2D eigenvalue weighted by Gasteiger charge is -2.31. The maximum atomic E-state index is 12.5. The van der Waals surface area contributed by atoms with Gasteiger partial charge in [0.2, 0.25) is 6.79 Å². The molecule has 2 heterocycles. The van der Waals surface area contributed by atoms with Crippen molar-refractivity contribution >= 4 is 17.5 Å². The van der Waals surface area contributed by atoms with Gasteiger partial charge in [-0.15, -0.1) is 0 Å². The Morgan fingerprint density at radius 1 is 1.35 bits per heavy atom. The Kier molecular flexibility index (Phi) is 3.72. The third kappa shape index (κ3) is 2.43. The van der Waals surface area contributed by atoms with Crippen molar-refractivity contribution in [3.63, 3.8) is 0 Å². The summed E-state index contributed by atoms with van der Waals surface area (Å²) in [5.41, 5.74) is 0.537. The highest BCUT2D eigenvalue weighted by Crippen LogP contribution is 2.40. The summed E-state index contributed by atoms with van der Waals surface area (Å²) in [6.07, 6.45) is 1.97. The van der Waals surface area contributed by atoms with E-state index in [9.17, 15) is 4.79 Å². The highest BCUT2D eigenvalue weighted by Gasteiger charge is 2.26. The summed E-state index contributed by atoms with van der Waals surface area (Å²) in [7, 11) is 1.71. The summed E-state index contributed by atoms with van der Waals surface area (Å²) in [6.45, 7) is 1.54. The van der Waals surface area contributed by atoms with Crippen molar-refractivity contribution in [3.05, 3.63) is 22.7 Å². The average molecular weight is 298 g/mol. The Hall–Kier alpha value is -1.46. The molecule has 0 unspecified atom stereocenters. The van der Waals surface area contributed by atoms with Crippen molar-refractivity contribution in [2.24, 2.45) is 0 Å². The van der Waals surface area contributed by atoms with Crippen LogP contribution in [-0.4, -0.2) is 43.9 Å². The molecule has 1 aromatic carbocycles. The second kappa shape index (κ2) is 5.50. The number of carbonyl (C=O) groups excluding carboxylic acids is 1. The lowest BCUT2D eigenvalue weighted by molar-refractivity contribution is 0.0350. The molecule has 1 fully saturated rings. The zero-order chi connectivity index (χ0) is 14.1. The SMILES string of the molecule is COC1CCN(C(=O)c2cc(Cl)c3c(c2)OCO3)CC1. The van der Waals surface area contributed by atoms with Crippen molar-refractivity contribution in [2.75, 3.05) is 27.0 Å². The van der Waals surface area contributed by atoms with E-state index >= 15 is 0 Å². The molecule has 1 amide bonds. The lowest BCUT2D eigenvalue weighted by Crippen LogP contribution is -2.40. The van der Waals surface area contributed by atoms with E-state index in [-0.39, 0.29) is 18.8 Å². The molecule has 2 aliphatic rings. The van der Waals surface area contributed by atoms with E-state index in [1.807, 2.05) is 4.90 Å². The van der Waals surface area contributed by atoms with Crippen LogP contribution in [0.2, 0.25) is 5.02 Å². The van der Waals surface area contributed by atoms with E-state index in [4.69, 9.17) is 25.8 Å². The van der Waals surface area contributed by atoms with E-state index < -0.39 is 0 Å². The van der Waals surface area contributed by atoms with Crippen LogP contribution in [0.3, 0.4) is 0 Å². The number of amides is 1. The summed E-state index contributed by atoms with van der Waals surface area (Å²) in [6, 6.07) is 3.33. The van der Waals surface area contributed by atoms with Crippen molar-refractivity contribution in [1.82, 2.24) is 4.90 Å². The third-order valence-corrected chi connectivity index (χ3v) is 4.02. The van der Waals surface area contributed by atoms with Gasteiger partial charge in [-0.05, 0) is 25.0 Å². The number of fused-ring (bicyclic) bond motifs is 1. The fraction of sp³-hybridized carbons (Fsp3) is 0.500. The number of carbonyl (C=O) groups is 1. The molecule has 0 bridgehead atoms. The van der Waals surface area contributed by atoms with Crippen molar-refractivity contribution in [2.45, 2.75) is 18.9 Å². The summed E-state index contributed by atoms with van der Waals surface area (Å²) >= 11 is 6.11. The van der Waals surface area contributed by atoms with E-state index in [1.54, 1.807) is 19.2 Å². The number of hydrogen-bond acceptors (Lipinski definition) is 4. The van der Waals surface area contributed by atoms with Crippen molar-refractivity contribution in [3.8, 4) is 11.5 Å². The molecule has 0 saturated carbocycles. The van der Waals surface area contributed by atoms with Gasteiger partial charge in [0.15, 0.2) is 11.5 Å². The number of piperidine rings is 1. The summed E-state index contributed by atoms with van der Waals surface area (Å²) in [4.78, 5) is 14.3. The molecule has 5 nitrogen and oxygen atoms in total. The van der Waals surface area contributed by atoms with Gasteiger partial charge in [0.25, 0.3) is 5.91 Å². The minimum atomic E-state index is -0.0280. The van der Waals surface area contributed by atoms with Crippen molar-refractivity contribution < 1.29 is 19.0 Å². The number of halogens is 1. The van der Waals surface area contributed by atoms with E-state index in [1.165, 1.54) is 0 Å². The average Bonchev–Trinajstić information content (AvgIpc) is 2.95. The van der Waals surface area contributed by atoms with Gasteiger partial charge in [0.05, 0.1) is 11.1 Å². The van der Waals surface area contributed by atoms with E-state index in [0.717, 1.165) is 12.8 Å². The number of methoxy groups -OCH3 is 1. The number of benzene rings is 1. The second-order valence-corrected chi connectivity index (χ2v) is 5.33. The first-order valence-electron chi connectivity index (χ1n) is 6.60. The predicted octanol–water partition coefficient (Wildman–Crippen LogP) is 2.32. The van der Waals surface area contributed by atoms with Gasteiger partial charge in [0.1, 0.15) is 0 Å². The zero-order valence-electron chi connectivity index (χ0n) is 11.2. The van der Waals surface area contributed by atoms with Crippen LogP contribution in [0.25, 0.3) is 0 Å². The molecule has 0 N–H and O–H groups in total. The van der Waals surface area contributed by atoms with Crippen LogP contribution >= 0.6 is 11.6 Å². The molecule has 20 heavy (non-hydrogen) atoms. The number of ether oxygens (including phenoxy) is 3. The molecular formula is C14H16ClNO4. The fourth-order valence-electron chi connectivity index (χ4n) is 2.57. The standard InChI is InChI=1S/C14H16ClNO4/c1-18-10-2-4-16(5-3-10)14(17)9-6-11(15)13-12(7-9)19-8-20-13/h6-7,10H,2-5,8H2,1H3. The monoisotopic (exact) mass is 297 g/mol. The molecule has 108 valence electrons. The Labute approximate surface area is 122 Å². The molecule has 0 spiro atoms. The van der Waals surface area contributed by atoms with Crippen LogP contribution in [0.1, 0.15) is 23.2 Å². The highest BCUT2D eigenvalue weighted by molar-refractivity contribution is 6.32. The molecule has 0 aliphatic carbocycles. The van der Waals surface area contributed by atoms with Gasteiger partial charge in [-0.3, -0.25) is 4.79 Å². The normalized spacial score (nSPS) is 18.4. The molecule has 1 aromatic rings. The summed E-state index contributed by atoms with van der Waals surface area (Å²) in [5, 5.41) is 0.412. The van der Waals surface area contributed by atoms with Crippen LogP contribution in [0.15, 0.2) is 12.1 Å². The van der Waals surface area contributed by atoms with Gasteiger partial charge in [-0.1, -0.05) is 11.6 Å². The largest absolute Gasteiger partial charge is 0.454 e. The van der Waals surface area contributed by atoms with Gasteiger partial charge in [-0.2, -0.15) is 0 Å². The van der Waals surface area contributed by atoms with Crippen LogP contribution in [-0.2, 0) is 4.74 Å². The maximum absolute atomic E-state index is 12.5. The van der Waals surface area contributed by atoms with Gasteiger partial charge in [0, 0.05) is 25.8 Å². The van der Waals surface area contributed by atoms with Gasteiger partial charge < -0.3 is 19.1 Å². The van der Waals surface area contributed by atoms with Gasteiger partial charge >= 0.3 is 0 Å². The first-order valence-corrected chi connectivity index (χ1v) is 6.98. The summed E-state index contributed by atoms with van der Waals surface area (Å²) < 4.78 is 15.8. The highest BCUT2D eigenvalue weighted by atomic mass is 35.5. The number of nitrogens with zero attached hydrogens (tertiary/aromatic N) is 1. The van der Waals surface area contributed by atoms with Crippen LogP contribution in [0.4, 0.5) is 0 Å². The van der Waals surface area contributed by atoms with Crippen LogP contribution < -0.4 is 9.47 Å². The molecule has 6 heteroatoms. The van der Waals surface area contributed by atoms with Gasteiger partial charge in [-0.25, -0.2) is 0 Å². The number of rotatable bonds is 2. The van der Waals surface area contributed by atoms with E-state index in [2.05, 4.69) is 0 Å². The Balaban J connectivity index is 1.76. The quantitative estimate of drug-likeness (QED) is 0.840. The summed E-state index contributed by atoms with van der Waals surface area (Å²) in [5.74, 6) is 1.02. The Bertz CT molecular complexity index is 526. The molecule has 0 atom stereocenters. The topological polar surface area (TPSA) is 48.0 Å².